The Balaban J connectivity index is 1.37. The molecule has 0 aliphatic carbocycles. The van der Waals surface area contributed by atoms with Crippen molar-refractivity contribution >= 4 is 28.1 Å². The Labute approximate surface area is 183 Å². The largest absolute Gasteiger partial charge is 0.348 e. The number of fused-ring (bicyclic) bond motifs is 1. The van der Waals surface area contributed by atoms with Gasteiger partial charge in [0.05, 0.1) is 16.2 Å². The number of nitrogens with zero attached hydrogens (tertiary/aromatic N) is 3. The zero-order valence-corrected chi connectivity index (χ0v) is 18.2. The van der Waals surface area contributed by atoms with Crippen LogP contribution in [0, 0.1) is 6.92 Å². The summed E-state index contributed by atoms with van der Waals surface area (Å²) >= 11 is 1.62. The minimum atomic E-state index is -0.410. The van der Waals surface area contributed by atoms with Crippen molar-refractivity contribution < 1.29 is 4.79 Å². The first kappa shape index (κ1) is 20.9. The van der Waals surface area contributed by atoms with Gasteiger partial charge in [-0.3, -0.25) is 19.5 Å². The number of rotatable bonds is 7. The van der Waals surface area contributed by atoms with Gasteiger partial charge in [0.15, 0.2) is 0 Å². The maximum Gasteiger partial charge on any atom is 0.261 e. The van der Waals surface area contributed by atoms with Crippen molar-refractivity contribution in [3.63, 3.8) is 0 Å². The molecule has 0 radical (unpaired) electrons. The lowest BCUT2D eigenvalue weighted by Crippen LogP contribution is -2.30. The first-order valence-electron chi connectivity index (χ1n) is 9.91. The van der Waals surface area contributed by atoms with Gasteiger partial charge in [-0.05, 0) is 43.8 Å². The smallest absolute Gasteiger partial charge is 0.261 e. The molecule has 7 nitrogen and oxygen atoms in total. The predicted octanol–water partition coefficient (Wildman–Crippen LogP) is 3.25. The summed E-state index contributed by atoms with van der Waals surface area (Å²) < 4.78 is 0. The van der Waals surface area contributed by atoms with Gasteiger partial charge >= 0.3 is 0 Å². The molecular weight excluding hydrogens is 410 g/mol. The highest BCUT2D eigenvalue weighted by Crippen LogP contribution is 2.13. The number of aromatic amines is 1. The third kappa shape index (κ3) is 5.22. The third-order valence-electron chi connectivity index (χ3n) is 4.85. The second kappa shape index (κ2) is 9.20. The number of H-pyrrole nitrogens is 1. The maximum atomic E-state index is 12.5. The quantitative estimate of drug-likeness (QED) is 0.467. The summed E-state index contributed by atoms with van der Waals surface area (Å²) in [6.45, 7) is 3.52. The van der Waals surface area contributed by atoms with E-state index in [4.69, 9.17) is 0 Å². The van der Waals surface area contributed by atoms with E-state index < -0.39 is 11.5 Å². The molecular formula is C23H23N5O2S. The van der Waals surface area contributed by atoms with E-state index in [1.807, 2.05) is 49.7 Å². The standard InChI is InChI=1S/C23H23N5O2S/c1-15-26-19(14-31-15)13-28(2)12-18-7-8-20(23(30)27-18)22(29)25-11-16-9-17-5-3-4-6-21(17)24-10-16/h3-10,14H,11-13H2,1-2H3,(H,25,29)(H,27,30). The number of hydrogen-bond acceptors (Lipinski definition) is 6. The molecule has 8 heteroatoms. The highest BCUT2D eigenvalue weighted by atomic mass is 32.1. The molecule has 1 amide bonds. The summed E-state index contributed by atoms with van der Waals surface area (Å²) in [6.07, 6.45) is 1.73. The molecule has 0 saturated carbocycles. The van der Waals surface area contributed by atoms with E-state index in [-0.39, 0.29) is 5.56 Å². The van der Waals surface area contributed by atoms with Crippen molar-refractivity contribution in [1.82, 2.24) is 25.2 Å². The Bertz CT molecular complexity index is 1280. The lowest BCUT2D eigenvalue weighted by Gasteiger charge is -2.15. The van der Waals surface area contributed by atoms with E-state index in [1.165, 1.54) is 0 Å². The van der Waals surface area contributed by atoms with Gasteiger partial charge < -0.3 is 10.3 Å². The minimum Gasteiger partial charge on any atom is -0.348 e. The number of carbonyl (C=O) groups is 1. The molecule has 2 N–H and O–H groups in total. The van der Waals surface area contributed by atoms with Crippen molar-refractivity contribution in [2.75, 3.05) is 7.05 Å². The number of carbonyl (C=O) groups excluding carboxylic acids is 1. The number of hydrogen-bond donors (Lipinski definition) is 2. The van der Waals surface area contributed by atoms with E-state index in [2.05, 4.69) is 25.2 Å². The summed E-state index contributed by atoms with van der Waals surface area (Å²) in [6, 6.07) is 13.1. The van der Waals surface area contributed by atoms with Crippen LogP contribution in [0.1, 0.15) is 32.3 Å². The summed E-state index contributed by atoms with van der Waals surface area (Å²) in [5.41, 5.74) is 3.22. The fourth-order valence-electron chi connectivity index (χ4n) is 3.38. The van der Waals surface area contributed by atoms with E-state index in [1.54, 1.807) is 29.7 Å². The summed E-state index contributed by atoms with van der Waals surface area (Å²) in [5.74, 6) is -0.410. The van der Waals surface area contributed by atoms with Crippen LogP contribution in [-0.2, 0) is 19.6 Å². The van der Waals surface area contributed by atoms with Crippen LogP contribution in [0.25, 0.3) is 10.9 Å². The zero-order chi connectivity index (χ0) is 21.8. The van der Waals surface area contributed by atoms with E-state index >= 15 is 0 Å². The summed E-state index contributed by atoms with van der Waals surface area (Å²) in [7, 11) is 1.96. The van der Waals surface area contributed by atoms with Gasteiger partial charge in [-0.1, -0.05) is 18.2 Å². The number of para-hydroxylation sites is 1. The Morgan fingerprint density at radius 2 is 2.03 bits per heavy atom. The number of amides is 1. The van der Waals surface area contributed by atoms with Crippen LogP contribution >= 0.6 is 11.3 Å². The number of aryl methyl sites for hydroxylation is 1. The predicted molar refractivity (Wildman–Crippen MR) is 122 cm³/mol. The fourth-order valence-corrected chi connectivity index (χ4v) is 3.98. The van der Waals surface area contributed by atoms with Crippen LogP contribution in [0.3, 0.4) is 0 Å². The highest BCUT2D eigenvalue weighted by molar-refractivity contribution is 7.09. The molecule has 0 bridgehead atoms. The molecule has 31 heavy (non-hydrogen) atoms. The van der Waals surface area contributed by atoms with Gasteiger partial charge in [-0.25, -0.2) is 4.98 Å². The van der Waals surface area contributed by atoms with Crippen LogP contribution in [0.5, 0.6) is 0 Å². The number of aromatic nitrogens is 3. The number of thiazole rings is 1. The highest BCUT2D eigenvalue weighted by Gasteiger charge is 2.12. The molecule has 0 fully saturated rings. The Kier molecular flexibility index (Phi) is 6.20. The van der Waals surface area contributed by atoms with Crippen LogP contribution in [-0.4, -0.2) is 32.8 Å². The molecule has 0 saturated heterocycles. The van der Waals surface area contributed by atoms with Gasteiger partial charge in [-0.15, -0.1) is 11.3 Å². The van der Waals surface area contributed by atoms with Crippen molar-refractivity contribution in [1.29, 1.82) is 0 Å². The van der Waals surface area contributed by atoms with Crippen molar-refractivity contribution in [3.8, 4) is 0 Å². The minimum absolute atomic E-state index is 0.0928. The average molecular weight is 434 g/mol. The lowest BCUT2D eigenvalue weighted by atomic mass is 10.1. The number of benzene rings is 1. The van der Waals surface area contributed by atoms with Crippen LogP contribution < -0.4 is 10.9 Å². The molecule has 0 unspecified atom stereocenters. The molecule has 0 atom stereocenters. The van der Waals surface area contributed by atoms with Gasteiger partial charge in [-0.2, -0.15) is 0 Å². The first-order chi connectivity index (χ1) is 15.0. The Morgan fingerprint density at radius 3 is 2.81 bits per heavy atom. The topological polar surface area (TPSA) is 91.0 Å². The van der Waals surface area contributed by atoms with E-state index in [0.29, 0.717) is 19.6 Å². The molecule has 4 rings (SSSR count). The van der Waals surface area contributed by atoms with Gasteiger partial charge in [0, 0.05) is 42.3 Å². The Morgan fingerprint density at radius 1 is 1.19 bits per heavy atom. The molecule has 0 aliphatic rings. The van der Waals surface area contributed by atoms with E-state index in [9.17, 15) is 9.59 Å². The average Bonchev–Trinajstić information content (AvgIpc) is 3.16. The van der Waals surface area contributed by atoms with Crippen LogP contribution in [0.4, 0.5) is 0 Å². The van der Waals surface area contributed by atoms with Gasteiger partial charge in [0.2, 0.25) is 0 Å². The summed E-state index contributed by atoms with van der Waals surface area (Å²) in [5, 5.41) is 6.88. The fraction of sp³-hybridized carbons (Fsp3) is 0.217. The molecule has 0 aliphatic heterocycles. The number of pyridine rings is 2. The molecule has 0 spiro atoms. The monoisotopic (exact) mass is 433 g/mol. The summed E-state index contributed by atoms with van der Waals surface area (Å²) in [4.78, 5) is 38.7. The zero-order valence-electron chi connectivity index (χ0n) is 17.4. The molecule has 3 aromatic heterocycles. The van der Waals surface area contributed by atoms with Crippen LogP contribution in [0.15, 0.2) is 58.8 Å². The maximum absolute atomic E-state index is 12.5. The molecule has 3 heterocycles. The Hall–Kier alpha value is -3.36. The van der Waals surface area contributed by atoms with Crippen molar-refractivity contribution in [3.05, 3.63) is 91.9 Å². The number of nitrogens with one attached hydrogen (secondary N) is 2. The molecule has 4 aromatic rings. The third-order valence-corrected chi connectivity index (χ3v) is 5.68. The van der Waals surface area contributed by atoms with Crippen LogP contribution in [0.2, 0.25) is 0 Å². The van der Waals surface area contributed by atoms with E-state index in [0.717, 1.165) is 32.9 Å². The van der Waals surface area contributed by atoms with Gasteiger partial charge in [0.1, 0.15) is 5.56 Å². The molecule has 1 aromatic carbocycles. The second-order valence-electron chi connectivity index (χ2n) is 7.48. The lowest BCUT2D eigenvalue weighted by molar-refractivity contribution is 0.0949. The molecule has 158 valence electrons. The first-order valence-corrected chi connectivity index (χ1v) is 10.8. The van der Waals surface area contributed by atoms with Crippen molar-refractivity contribution in [2.45, 2.75) is 26.6 Å². The normalized spacial score (nSPS) is 11.2. The SMILES string of the molecule is Cc1nc(CN(C)Cc2ccc(C(=O)NCc3cnc4ccccc4c3)c(=O)[nH]2)cs1. The second-order valence-corrected chi connectivity index (χ2v) is 8.54. The van der Waals surface area contributed by atoms with Crippen molar-refractivity contribution in [2.24, 2.45) is 0 Å². The van der Waals surface area contributed by atoms with Gasteiger partial charge in [0.25, 0.3) is 11.5 Å².